The topological polar surface area (TPSA) is 37.8 Å². The zero-order valence-corrected chi connectivity index (χ0v) is 13.9. The average Bonchev–Trinajstić information content (AvgIpc) is 2.41. The molecule has 2 rings (SSSR count). The van der Waals surface area contributed by atoms with Crippen molar-refractivity contribution >= 4 is 5.82 Å². The summed E-state index contributed by atoms with van der Waals surface area (Å²) in [6.45, 7) is 13.6. The molecule has 0 aliphatic carbocycles. The summed E-state index contributed by atoms with van der Waals surface area (Å²) in [6.07, 6.45) is 0. The van der Waals surface area contributed by atoms with Gasteiger partial charge in [-0.05, 0) is 33.3 Å². The summed E-state index contributed by atoms with van der Waals surface area (Å²) < 4.78 is 0. The van der Waals surface area contributed by atoms with Gasteiger partial charge in [0.2, 0.25) is 0 Å². The van der Waals surface area contributed by atoms with Crippen LogP contribution in [-0.2, 0) is 0 Å². The Morgan fingerprint density at radius 3 is 2.38 bits per heavy atom. The minimum absolute atomic E-state index is 0.313. The minimum Gasteiger partial charge on any atom is -0.370 e. The molecule has 0 saturated heterocycles. The molecule has 0 fully saturated rings. The smallest absolute Gasteiger partial charge is 0.133 e. The van der Waals surface area contributed by atoms with Gasteiger partial charge in [0.15, 0.2) is 0 Å². The molecule has 1 heterocycles. The lowest BCUT2D eigenvalue weighted by Crippen LogP contribution is -2.09. The van der Waals surface area contributed by atoms with E-state index in [1.807, 2.05) is 0 Å². The Kier molecular flexibility index (Phi) is 4.61. The fourth-order valence-corrected chi connectivity index (χ4v) is 2.47. The molecule has 0 amide bonds. The molecule has 0 atom stereocenters. The zero-order chi connectivity index (χ0) is 15.6. The van der Waals surface area contributed by atoms with E-state index in [-0.39, 0.29) is 0 Å². The van der Waals surface area contributed by atoms with Crippen molar-refractivity contribution in [2.24, 2.45) is 0 Å². The van der Waals surface area contributed by atoms with Crippen LogP contribution in [0.5, 0.6) is 0 Å². The van der Waals surface area contributed by atoms with Gasteiger partial charge in [0.05, 0.1) is 5.69 Å². The Morgan fingerprint density at radius 2 is 1.81 bits per heavy atom. The molecule has 0 unspecified atom stereocenters. The van der Waals surface area contributed by atoms with Crippen molar-refractivity contribution in [2.75, 3.05) is 11.9 Å². The van der Waals surface area contributed by atoms with Crippen LogP contribution in [0.1, 0.15) is 49.2 Å². The third-order valence-corrected chi connectivity index (χ3v) is 3.66. The summed E-state index contributed by atoms with van der Waals surface area (Å²) in [5, 5.41) is 3.36. The number of anilines is 1. The molecule has 1 N–H and O–H groups in total. The van der Waals surface area contributed by atoms with Crippen LogP contribution >= 0.6 is 0 Å². The van der Waals surface area contributed by atoms with Crippen LogP contribution < -0.4 is 5.32 Å². The van der Waals surface area contributed by atoms with Gasteiger partial charge < -0.3 is 5.32 Å². The maximum Gasteiger partial charge on any atom is 0.133 e. The molecule has 3 nitrogen and oxygen atoms in total. The number of aromatic nitrogens is 2. The van der Waals surface area contributed by atoms with E-state index < -0.39 is 0 Å². The first-order valence-electron chi connectivity index (χ1n) is 7.64. The molecule has 1 aromatic heterocycles. The van der Waals surface area contributed by atoms with Crippen LogP contribution in [0.2, 0.25) is 0 Å². The molecule has 3 heteroatoms. The Labute approximate surface area is 127 Å². The fraction of sp³-hybridized carbons (Fsp3) is 0.444. The zero-order valence-electron chi connectivity index (χ0n) is 13.9. The summed E-state index contributed by atoms with van der Waals surface area (Å²) in [6, 6.07) is 6.52. The van der Waals surface area contributed by atoms with Gasteiger partial charge in [-0.25, -0.2) is 9.97 Å². The lowest BCUT2D eigenvalue weighted by molar-refractivity contribution is 0.774. The summed E-state index contributed by atoms with van der Waals surface area (Å²) in [7, 11) is 0. The monoisotopic (exact) mass is 283 g/mol. The maximum atomic E-state index is 4.82. The van der Waals surface area contributed by atoms with Crippen molar-refractivity contribution in [1.82, 2.24) is 9.97 Å². The first-order chi connectivity index (χ1) is 9.93. The third kappa shape index (κ3) is 3.23. The molecule has 0 aliphatic heterocycles. The van der Waals surface area contributed by atoms with Crippen LogP contribution in [0.3, 0.4) is 0 Å². The minimum atomic E-state index is 0.313. The van der Waals surface area contributed by atoms with Gasteiger partial charge in [-0.3, -0.25) is 0 Å². The van der Waals surface area contributed by atoms with Crippen molar-refractivity contribution in [3.63, 3.8) is 0 Å². The number of hydrogen-bond acceptors (Lipinski definition) is 3. The second kappa shape index (κ2) is 6.25. The second-order valence-electron chi connectivity index (χ2n) is 5.91. The van der Waals surface area contributed by atoms with E-state index in [1.54, 1.807) is 0 Å². The number of rotatable bonds is 4. The van der Waals surface area contributed by atoms with Gasteiger partial charge in [-0.1, -0.05) is 37.6 Å². The van der Waals surface area contributed by atoms with E-state index in [2.05, 4.69) is 70.0 Å². The van der Waals surface area contributed by atoms with Crippen LogP contribution in [0.25, 0.3) is 11.3 Å². The first kappa shape index (κ1) is 15.5. The molecule has 1 aromatic carbocycles. The second-order valence-corrected chi connectivity index (χ2v) is 5.91. The number of hydrogen-bond donors (Lipinski definition) is 1. The van der Waals surface area contributed by atoms with Crippen molar-refractivity contribution in [3.05, 3.63) is 40.7 Å². The SMILES string of the molecule is CCNc1nc(C(C)C)nc(-c2ccc(C)cc2C)c1C. The lowest BCUT2D eigenvalue weighted by Gasteiger charge is -2.16. The molecular formula is C18H25N3. The predicted octanol–water partition coefficient (Wildman–Crippen LogP) is 4.62. The Morgan fingerprint density at radius 1 is 1.10 bits per heavy atom. The summed E-state index contributed by atoms with van der Waals surface area (Å²) in [4.78, 5) is 9.50. The number of benzene rings is 1. The average molecular weight is 283 g/mol. The number of aryl methyl sites for hydroxylation is 2. The summed E-state index contributed by atoms with van der Waals surface area (Å²) in [5.74, 6) is 2.16. The molecule has 21 heavy (non-hydrogen) atoms. The van der Waals surface area contributed by atoms with Gasteiger partial charge in [0.1, 0.15) is 11.6 Å². The van der Waals surface area contributed by atoms with Crippen LogP contribution in [-0.4, -0.2) is 16.5 Å². The highest BCUT2D eigenvalue weighted by molar-refractivity contribution is 5.71. The number of nitrogens with one attached hydrogen (secondary N) is 1. The molecule has 112 valence electrons. The Hall–Kier alpha value is -1.90. The molecule has 0 saturated carbocycles. The summed E-state index contributed by atoms with van der Waals surface area (Å²) >= 11 is 0. The van der Waals surface area contributed by atoms with E-state index in [1.165, 1.54) is 16.7 Å². The highest BCUT2D eigenvalue weighted by Gasteiger charge is 2.15. The molecule has 0 aliphatic rings. The van der Waals surface area contributed by atoms with Gasteiger partial charge in [-0.2, -0.15) is 0 Å². The van der Waals surface area contributed by atoms with Crippen LogP contribution in [0.15, 0.2) is 18.2 Å². The van der Waals surface area contributed by atoms with Crippen molar-refractivity contribution < 1.29 is 0 Å². The number of nitrogens with zero attached hydrogens (tertiary/aromatic N) is 2. The van der Waals surface area contributed by atoms with E-state index in [4.69, 9.17) is 4.98 Å². The fourth-order valence-electron chi connectivity index (χ4n) is 2.47. The van der Waals surface area contributed by atoms with Crippen molar-refractivity contribution in [3.8, 4) is 11.3 Å². The van der Waals surface area contributed by atoms with Crippen molar-refractivity contribution in [1.29, 1.82) is 0 Å². The molecule has 0 radical (unpaired) electrons. The van der Waals surface area contributed by atoms with Crippen LogP contribution in [0.4, 0.5) is 5.82 Å². The standard InChI is InChI=1S/C18H25N3/c1-7-19-18-14(6)16(20-17(21-18)11(2)3)15-9-8-12(4)10-13(15)5/h8-11H,7H2,1-6H3,(H,19,20,21). The highest BCUT2D eigenvalue weighted by Crippen LogP contribution is 2.30. The molecular weight excluding hydrogens is 258 g/mol. The van der Waals surface area contributed by atoms with E-state index >= 15 is 0 Å². The quantitative estimate of drug-likeness (QED) is 0.889. The normalized spacial score (nSPS) is 11.0. The lowest BCUT2D eigenvalue weighted by atomic mass is 9.99. The van der Waals surface area contributed by atoms with E-state index in [0.717, 1.165) is 29.4 Å². The third-order valence-electron chi connectivity index (χ3n) is 3.66. The first-order valence-corrected chi connectivity index (χ1v) is 7.64. The molecule has 2 aromatic rings. The van der Waals surface area contributed by atoms with Gasteiger partial charge in [-0.15, -0.1) is 0 Å². The van der Waals surface area contributed by atoms with Gasteiger partial charge in [0, 0.05) is 23.6 Å². The van der Waals surface area contributed by atoms with E-state index in [0.29, 0.717) is 5.92 Å². The van der Waals surface area contributed by atoms with Gasteiger partial charge in [0.25, 0.3) is 0 Å². The Bertz CT molecular complexity index is 645. The predicted molar refractivity (Wildman–Crippen MR) is 89.9 cm³/mol. The largest absolute Gasteiger partial charge is 0.370 e. The van der Waals surface area contributed by atoms with Gasteiger partial charge >= 0.3 is 0 Å². The Balaban J connectivity index is 2.66. The summed E-state index contributed by atoms with van der Waals surface area (Å²) in [5.41, 5.74) is 5.89. The molecule has 0 spiro atoms. The van der Waals surface area contributed by atoms with Crippen molar-refractivity contribution in [2.45, 2.75) is 47.5 Å². The van der Waals surface area contributed by atoms with Crippen LogP contribution in [0, 0.1) is 20.8 Å². The molecule has 0 bridgehead atoms. The highest BCUT2D eigenvalue weighted by atomic mass is 15.0. The maximum absolute atomic E-state index is 4.82. The van der Waals surface area contributed by atoms with E-state index in [9.17, 15) is 0 Å².